The zero-order chi connectivity index (χ0) is 22.1. The SMILES string of the molecule is C/C=C(\C=NC)C(=O)O.C/C=C/c1ccc(Cl)c(C)c1.C=C(C)/C=C(\C)C#N. The van der Waals surface area contributed by atoms with Crippen molar-refractivity contribution in [2.75, 3.05) is 7.05 Å². The first-order valence-corrected chi connectivity index (χ1v) is 8.95. The maximum Gasteiger partial charge on any atom is 0.336 e. The van der Waals surface area contributed by atoms with Gasteiger partial charge < -0.3 is 5.11 Å². The molecule has 0 unspecified atom stereocenters. The van der Waals surface area contributed by atoms with Crippen LogP contribution >= 0.6 is 11.6 Å². The van der Waals surface area contributed by atoms with Gasteiger partial charge >= 0.3 is 5.97 Å². The first-order chi connectivity index (χ1) is 13.1. The lowest BCUT2D eigenvalue weighted by molar-refractivity contribution is -0.132. The number of carboxylic acid groups (broad SMARTS) is 1. The first kappa shape index (κ1) is 27.3. The van der Waals surface area contributed by atoms with Gasteiger partial charge in [0.25, 0.3) is 0 Å². The van der Waals surface area contributed by atoms with Gasteiger partial charge in [0.2, 0.25) is 0 Å². The normalized spacial score (nSPS) is 11.2. The Morgan fingerprint density at radius 2 is 1.93 bits per heavy atom. The Bertz CT molecular complexity index is 810. The zero-order valence-corrected chi connectivity index (χ0v) is 18.2. The number of aryl methyl sites for hydroxylation is 1. The minimum Gasteiger partial charge on any atom is -0.478 e. The molecule has 5 heteroatoms. The lowest BCUT2D eigenvalue weighted by atomic mass is 10.1. The Hall–Kier alpha value is -2.90. The molecule has 0 atom stereocenters. The van der Waals surface area contributed by atoms with Crippen molar-refractivity contribution in [3.63, 3.8) is 0 Å². The van der Waals surface area contributed by atoms with Crippen molar-refractivity contribution < 1.29 is 9.90 Å². The van der Waals surface area contributed by atoms with Crippen molar-refractivity contribution in [2.45, 2.75) is 34.6 Å². The van der Waals surface area contributed by atoms with E-state index in [2.05, 4.69) is 23.7 Å². The number of benzene rings is 1. The molecular formula is C23H29ClN2O2. The highest BCUT2D eigenvalue weighted by Crippen LogP contribution is 2.16. The summed E-state index contributed by atoms with van der Waals surface area (Å²) in [6.07, 6.45) is 8.63. The quantitative estimate of drug-likeness (QED) is 0.274. The van der Waals surface area contributed by atoms with E-state index >= 15 is 0 Å². The van der Waals surface area contributed by atoms with E-state index in [1.54, 1.807) is 19.9 Å². The molecular weight excluding hydrogens is 372 g/mol. The highest BCUT2D eigenvalue weighted by Gasteiger charge is 1.99. The van der Waals surface area contributed by atoms with Crippen LogP contribution < -0.4 is 0 Å². The van der Waals surface area contributed by atoms with Crippen LogP contribution in [-0.4, -0.2) is 24.3 Å². The van der Waals surface area contributed by atoms with Crippen LogP contribution in [0.5, 0.6) is 0 Å². The number of carbonyl (C=O) groups is 1. The van der Waals surface area contributed by atoms with E-state index in [1.807, 2.05) is 45.0 Å². The van der Waals surface area contributed by atoms with Gasteiger partial charge in [-0.2, -0.15) is 5.26 Å². The molecule has 0 radical (unpaired) electrons. The van der Waals surface area contributed by atoms with Crippen molar-refractivity contribution in [1.29, 1.82) is 5.26 Å². The van der Waals surface area contributed by atoms with E-state index in [4.69, 9.17) is 22.0 Å². The van der Waals surface area contributed by atoms with Gasteiger partial charge in [-0.05, 0) is 57.9 Å². The fourth-order valence-electron chi connectivity index (χ4n) is 1.76. The van der Waals surface area contributed by atoms with Gasteiger partial charge in [0.1, 0.15) is 0 Å². The molecule has 1 rings (SSSR count). The molecule has 0 aliphatic rings. The number of carboxylic acids is 1. The third kappa shape index (κ3) is 14.3. The molecule has 0 aliphatic heterocycles. The predicted molar refractivity (Wildman–Crippen MR) is 121 cm³/mol. The molecule has 0 saturated carbocycles. The van der Waals surface area contributed by atoms with E-state index in [0.717, 1.165) is 16.2 Å². The smallest absolute Gasteiger partial charge is 0.336 e. The summed E-state index contributed by atoms with van der Waals surface area (Å²) < 4.78 is 0. The van der Waals surface area contributed by atoms with Gasteiger partial charge in [-0.1, -0.05) is 54.1 Å². The second-order valence-electron chi connectivity index (χ2n) is 5.73. The maximum atomic E-state index is 10.2. The molecule has 28 heavy (non-hydrogen) atoms. The summed E-state index contributed by atoms with van der Waals surface area (Å²) in [5, 5.41) is 17.4. The minimum atomic E-state index is -0.942. The Morgan fingerprint density at radius 1 is 1.32 bits per heavy atom. The average molecular weight is 401 g/mol. The van der Waals surface area contributed by atoms with Gasteiger partial charge in [-0.25, -0.2) is 4.79 Å². The summed E-state index contributed by atoms with van der Waals surface area (Å²) in [6, 6.07) is 8.00. The van der Waals surface area contributed by atoms with Gasteiger partial charge in [0.15, 0.2) is 0 Å². The lowest BCUT2D eigenvalue weighted by Crippen LogP contribution is -2.00. The fraction of sp³-hybridized carbons (Fsp3) is 0.261. The number of aliphatic imine (C=N–C) groups is 1. The summed E-state index contributed by atoms with van der Waals surface area (Å²) in [7, 11) is 1.53. The van der Waals surface area contributed by atoms with Gasteiger partial charge in [-0.3, -0.25) is 4.99 Å². The van der Waals surface area contributed by atoms with Crippen LogP contribution in [0.25, 0.3) is 6.08 Å². The van der Waals surface area contributed by atoms with Crippen LogP contribution in [0, 0.1) is 18.3 Å². The molecule has 150 valence electrons. The second-order valence-corrected chi connectivity index (χ2v) is 6.14. The van der Waals surface area contributed by atoms with E-state index < -0.39 is 5.97 Å². The van der Waals surface area contributed by atoms with E-state index in [0.29, 0.717) is 5.57 Å². The molecule has 0 spiro atoms. The van der Waals surface area contributed by atoms with Crippen LogP contribution in [0.1, 0.15) is 38.8 Å². The molecule has 1 aromatic rings. The van der Waals surface area contributed by atoms with E-state index in [-0.39, 0.29) is 5.57 Å². The molecule has 0 amide bonds. The number of rotatable bonds is 4. The third-order valence-electron chi connectivity index (χ3n) is 3.01. The average Bonchev–Trinajstić information content (AvgIpc) is 2.63. The van der Waals surface area contributed by atoms with Crippen LogP contribution in [0.4, 0.5) is 0 Å². The molecule has 0 aliphatic carbocycles. The topological polar surface area (TPSA) is 73.4 Å². The number of nitrogens with zero attached hydrogens (tertiary/aromatic N) is 2. The Balaban J connectivity index is 0. The van der Waals surface area contributed by atoms with Crippen LogP contribution in [0.2, 0.25) is 5.02 Å². The monoisotopic (exact) mass is 400 g/mol. The standard InChI is InChI=1S/C10H11Cl.C7H9N.C6H9NO2/c1-3-4-9-5-6-10(11)8(2)7-9;1-6(2)4-7(3)5-8;1-3-5(4-7-2)6(8)9/h3-7H,1-2H3;4H,1H2,2-3H3;3-4H,1-2H3,(H,8,9)/b4-3+;7-4+;5-3+,7-4?. The van der Waals surface area contributed by atoms with Crippen molar-refractivity contribution >= 4 is 29.9 Å². The predicted octanol–water partition coefficient (Wildman–Crippen LogP) is 6.43. The van der Waals surface area contributed by atoms with Gasteiger partial charge in [0, 0.05) is 23.9 Å². The number of allylic oxidation sites excluding steroid dienone is 5. The van der Waals surface area contributed by atoms with Crippen LogP contribution in [0.15, 0.2) is 64.7 Å². The van der Waals surface area contributed by atoms with E-state index in [1.165, 1.54) is 24.9 Å². The Labute approximate surface area is 173 Å². The summed E-state index contributed by atoms with van der Waals surface area (Å²) in [5.41, 5.74) is 4.18. The van der Waals surface area contributed by atoms with Gasteiger partial charge in [-0.15, -0.1) is 0 Å². The number of hydrogen-bond donors (Lipinski definition) is 1. The molecule has 0 saturated heterocycles. The largest absolute Gasteiger partial charge is 0.478 e. The molecule has 1 N–H and O–H groups in total. The van der Waals surface area contributed by atoms with Crippen molar-refractivity contribution in [1.82, 2.24) is 0 Å². The van der Waals surface area contributed by atoms with Crippen molar-refractivity contribution in [2.24, 2.45) is 4.99 Å². The first-order valence-electron chi connectivity index (χ1n) is 8.57. The zero-order valence-electron chi connectivity index (χ0n) is 17.5. The fourth-order valence-corrected chi connectivity index (χ4v) is 1.88. The molecule has 1 aromatic carbocycles. The summed E-state index contributed by atoms with van der Waals surface area (Å²) in [6.45, 7) is 12.9. The third-order valence-corrected chi connectivity index (χ3v) is 3.43. The molecule has 4 nitrogen and oxygen atoms in total. The lowest BCUT2D eigenvalue weighted by Gasteiger charge is -1.97. The number of aliphatic carboxylic acids is 1. The minimum absolute atomic E-state index is 0.220. The van der Waals surface area contributed by atoms with E-state index in [9.17, 15) is 4.79 Å². The van der Waals surface area contributed by atoms with Crippen LogP contribution in [0.3, 0.4) is 0 Å². The second kappa shape index (κ2) is 16.3. The summed E-state index contributed by atoms with van der Waals surface area (Å²) in [5.74, 6) is -0.942. The summed E-state index contributed by atoms with van der Waals surface area (Å²) >= 11 is 5.86. The van der Waals surface area contributed by atoms with Crippen molar-refractivity contribution in [3.8, 4) is 6.07 Å². The maximum absolute atomic E-state index is 10.2. The Morgan fingerprint density at radius 3 is 2.21 bits per heavy atom. The highest BCUT2D eigenvalue weighted by atomic mass is 35.5. The van der Waals surface area contributed by atoms with Crippen molar-refractivity contribution in [3.05, 3.63) is 75.9 Å². The van der Waals surface area contributed by atoms with Crippen LogP contribution in [-0.2, 0) is 4.79 Å². The summed E-state index contributed by atoms with van der Waals surface area (Å²) in [4.78, 5) is 13.7. The molecule has 0 fully saturated rings. The van der Waals surface area contributed by atoms with Gasteiger partial charge in [0.05, 0.1) is 11.6 Å². The number of nitriles is 1. The molecule has 0 bridgehead atoms. The highest BCUT2D eigenvalue weighted by molar-refractivity contribution is 6.31. The molecule has 0 aromatic heterocycles. The Kier molecular flexibility index (Phi) is 15.9. The number of hydrogen-bond acceptors (Lipinski definition) is 3. The number of halogens is 1. The molecule has 0 heterocycles.